The van der Waals surface area contributed by atoms with E-state index in [-0.39, 0.29) is 12.1 Å². The van der Waals surface area contributed by atoms with Crippen LogP contribution >= 0.6 is 0 Å². The maximum absolute atomic E-state index is 11.8. The average molecular weight is 263 g/mol. The monoisotopic (exact) mass is 263 g/mol. The van der Waals surface area contributed by atoms with Gasteiger partial charge in [-0.1, -0.05) is 17.7 Å². The number of carbonyl (C=O) groups is 1. The highest BCUT2D eigenvalue weighted by atomic mass is 16.6. The van der Waals surface area contributed by atoms with E-state index in [1.54, 1.807) is 0 Å². The first-order valence-electron chi connectivity index (χ1n) is 6.58. The predicted molar refractivity (Wildman–Crippen MR) is 73.4 cm³/mol. The molecule has 1 aliphatic rings. The molecule has 1 atom stereocenters. The second kappa shape index (κ2) is 5.11. The molecular weight excluding hydrogens is 242 g/mol. The van der Waals surface area contributed by atoms with Gasteiger partial charge in [-0.25, -0.2) is 4.79 Å². The number of carbonyl (C=O) groups excluding carboxylic acids is 1. The lowest BCUT2D eigenvalue weighted by molar-refractivity contribution is 0.0491. The van der Waals surface area contributed by atoms with Gasteiger partial charge in [-0.15, -0.1) is 0 Å². The van der Waals surface area contributed by atoms with Gasteiger partial charge in [0.15, 0.2) is 0 Å². The first-order valence-corrected chi connectivity index (χ1v) is 6.58. The van der Waals surface area contributed by atoms with Crippen LogP contribution in [0, 0.1) is 6.92 Å². The van der Waals surface area contributed by atoms with Crippen LogP contribution in [0.4, 0.5) is 4.79 Å². The van der Waals surface area contributed by atoms with E-state index in [2.05, 4.69) is 11.4 Å². The molecule has 0 bridgehead atoms. The summed E-state index contributed by atoms with van der Waals surface area (Å²) in [5.74, 6) is 0.845. The fourth-order valence-electron chi connectivity index (χ4n) is 2.11. The van der Waals surface area contributed by atoms with E-state index in [1.807, 2.05) is 39.8 Å². The van der Waals surface area contributed by atoms with E-state index < -0.39 is 5.60 Å². The molecule has 1 N–H and O–H groups in total. The summed E-state index contributed by atoms with van der Waals surface area (Å²) in [6.45, 7) is 8.20. The molecular formula is C15H21NO3. The SMILES string of the molecule is Cc1ccc2c(c1)[C@@H](NC(=O)OC(C)(C)C)CCO2. The van der Waals surface area contributed by atoms with Crippen molar-refractivity contribution in [2.24, 2.45) is 0 Å². The number of amides is 1. The minimum absolute atomic E-state index is 0.0431. The number of benzene rings is 1. The molecule has 0 radical (unpaired) electrons. The lowest BCUT2D eigenvalue weighted by Gasteiger charge is -2.28. The van der Waals surface area contributed by atoms with Crippen LogP contribution in [-0.4, -0.2) is 18.3 Å². The van der Waals surface area contributed by atoms with Crippen molar-refractivity contribution < 1.29 is 14.3 Å². The van der Waals surface area contributed by atoms with Crippen LogP contribution in [-0.2, 0) is 4.74 Å². The van der Waals surface area contributed by atoms with E-state index in [1.165, 1.54) is 0 Å². The number of hydrogen-bond donors (Lipinski definition) is 1. The van der Waals surface area contributed by atoms with Gasteiger partial charge in [0.25, 0.3) is 0 Å². The predicted octanol–water partition coefficient (Wildman–Crippen LogP) is 3.34. The third kappa shape index (κ3) is 3.63. The summed E-state index contributed by atoms with van der Waals surface area (Å²) in [5, 5.41) is 2.92. The van der Waals surface area contributed by atoms with Gasteiger partial charge < -0.3 is 14.8 Å². The third-order valence-electron chi connectivity index (χ3n) is 2.90. The highest BCUT2D eigenvalue weighted by molar-refractivity contribution is 5.68. The minimum Gasteiger partial charge on any atom is -0.493 e. The van der Waals surface area contributed by atoms with E-state index >= 15 is 0 Å². The zero-order chi connectivity index (χ0) is 14.0. The Morgan fingerprint density at radius 1 is 1.42 bits per heavy atom. The Labute approximate surface area is 114 Å². The molecule has 1 amide bonds. The van der Waals surface area contributed by atoms with Crippen molar-refractivity contribution in [3.63, 3.8) is 0 Å². The smallest absolute Gasteiger partial charge is 0.408 e. The first kappa shape index (κ1) is 13.7. The van der Waals surface area contributed by atoms with E-state index in [9.17, 15) is 4.79 Å². The number of aryl methyl sites for hydroxylation is 1. The summed E-state index contributed by atoms with van der Waals surface area (Å²) in [4.78, 5) is 11.8. The van der Waals surface area contributed by atoms with Crippen molar-refractivity contribution in [1.82, 2.24) is 5.32 Å². The van der Waals surface area contributed by atoms with E-state index in [4.69, 9.17) is 9.47 Å². The third-order valence-corrected chi connectivity index (χ3v) is 2.90. The number of hydrogen-bond acceptors (Lipinski definition) is 3. The van der Waals surface area contributed by atoms with Gasteiger partial charge in [0, 0.05) is 12.0 Å². The Bertz CT molecular complexity index is 477. The van der Waals surface area contributed by atoms with Crippen LogP contribution < -0.4 is 10.1 Å². The Morgan fingerprint density at radius 3 is 2.84 bits per heavy atom. The summed E-state index contributed by atoms with van der Waals surface area (Å²) in [6, 6.07) is 5.97. The van der Waals surface area contributed by atoms with Gasteiger partial charge in [-0.2, -0.15) is 0 Å². The van der Waals surface area contributed by atoms with Crippen molar-refractivity contribution in [2.75, 3.05) is 6.61 Å². The fraction of sp³-hybridized carbons (Fsp3) is 0.533. The molecule has 104 valence electrons. The Hall–Kier alpha value is -1.71. The number of ether oxygens (including phenoxy) is 2. The van der Waals surface area contributed by atoms with Gasteiger partial charge in [0.2, 0.25) is 0 Å². The Morgan fingerprint density at radius 2 is 2.16 bits per heavy atom. The molecule has 4 heteroatoms. The molecule has 2 rings (SSSR count). The van der Waals surface area contributed by atoms with Crippen LogP contribution in [0.25, 0.3) is 0 Å². The van der Waals surface area contributed by atoms with Crippen molar-refractivity contribution in [3.8, 4) is 5.75 Å². The molecule has 0 spiro atoms. The molecule has 0 fully saturated rings. The zero-order valence-corrected chi connectivity index (χ0v) is 11.9. The molecule has 0 aliphatic carbocycles. The Kier molecular flexibility index (Phi) is 3.69. The molecule has 1 aromatic rings. The van der Waals surface area contributed by atoms with Crippen molar-refractivity contribution in [1.29, 1.82) is 0 Å². The lowest BCUT2D eigenvalue weighted by Crippen LogP contribution is -2.36. The number of rotatable bonds is 1. The standard InChI is InChI=1S/C15H21NO3/c1-10-5-6-13-11(9-10)12(7-8-18-13)16-14(17)19-15(2,3)4/h5-6,9,12H,7-8H2,1-4H3,(H,16,17)/t12-/m0/s1. The topological polar surface area (TPSA) is 47.6 Å². The van der Waals surface area contributed by atoms with Crippen LogP contribution in [0.15, 0.2) is 18.2 Å². The van der Waals surface area contributed by atoms with Gasteiger partial charge in [0.05, 0.1) is 12.6 Å². The quantitative estimate of drug-likeness (QED) is 0.845. The van der Waals surface area contributed by atoms with Crippen LogP contribution in [0.5, 0.6) is 5.75 Å². The molecule has 19 heavy (non-hydrogen) atoms. The largest absolute Gasteiger partial charge is 0.493 e. The fourth-order valence-corrected chi connectivity index (χ4v) is 2.11. The molecule has 0 saturated heterocycles. The molecule has 0 unspecified atom stereocenters. The second-order valence-electron chi connectivity index (χ2n) is 5.88. The zero-order valence-electron chi connectivity index (χ0n) is 11.9. The summed E-state index contributed by atoms with van der Waals surface area (Å²) in [5.41, 5.74) is 1.70. The molecule has 0 aromatic heterocycles. The first-order chi connectivity index (χ1) is 8.85. The molecule has 4 nitrogen and oxygen atoms in total. The van der Waals surface area contributed by atoms with Crippen molar-refractivity contribution >= 4 is 6.09 Å². The van der Waals surface area contributed by atoms with Crippen molar-refractivity contribution in [2.45, 2.75) is 45.8 Å². The molecule has 0 saturated carbocycles. The normalized spacial score (nSPS) is 18.2. The van der Waals surface area contributed by atoms with Gasteiger partial charge >= 0.3 is 6.09 Å². The minimum atomic E-state index is -0.481. The summed E-state index contributed by atoms with van der Waals surface area (Å²) >= 11 is 0. The number of fused-ring (bicyclic) bond motifs is 1. The molecule has 1 aromatic carbocycles. The molecule has 1 heterocycles. The van der Waals surface area contributed by atoms with Crippen LogP contribution in [0.3, 0.4) is 0 Å². The van der Waals surface area contributed by atoms with E-state index in [0.29, 0.717) is 6.61 Å². The summed E-state index contributed by atoms with van der Waals surface area (Å²) in [6.07, 6.45) is 0.377. The number of nitrogens with one attached hydrogen (secondary N) is 1. The van der Waals surface area contributed by atoms with Gasteiger partial charge in [0.1, 0.15) is 11.4 Å². The second-order valence-corrected chi connectivity index (χ2v) is 5.88. The highest BCUT2D eigenvalue weighted by Crippen LogP contribution is 2.32. The molecule has 1 aliphatic heterocycles. The number of alkyl carbamates (subject to hydrolysis) is 1. The van der Waals surface area contributed by atoms with Crippen LogP contribution in [0.1, 0.15) is 44.4 Å². The maximum Gasteiger partial charge on any atom is 0.408 e. The van der Waals surface area contributed by atoms with Gasteiger partial charge in [-0.05, 0) is 33.8 Å². The Balaban J connectivity index is 2.11. The average Bonchev–Trinajstić information content (AvgIpc) is 2.27. The van der Waals surface area contributed by atoms with Crippen LogP contribution in [0.2, 0.25) is 0 Å². The lowest BCUT2D eigenvalue weighted by atomic mass is 9.99. The van der Waals surface area contributed by atoms with E-state index in [0.717, 1.165) is 23.3 Å². The van der Waals surface area contributed by atoms with Crippen molar-refractivity contribution in [3.05, 3.63) is 29.3 Å². The maximum atomic E-state index is 11.8. The summed E-state index contributed by atoms with van der Waals surface area (Å²) < 4.78 is 10.9. The highest BCUT2D eigenvalue weighted by Gasteiger charge is 2.25. The summed E-state index contributed by atoms with van der Waals surface area (Å²) in [7, 11) is 0. The van der Waals surface area contributed by atoms with Gasteiger partial charge in [-0.3, -0.25) is 0 Å².